The minimum Gasteiger partial charge on any atom is -0.320 e. The van der Waals surface area contributed by atoms with Crippen LogP contribution in [0.25, 0.3) is 0 Å². The van der Waals surface area contributed by atoms with Gasteiger partial charge in [0.15, 0.2) is 0 Å². The molecule has 0 spiro atoms. The highest BCUT2D eigenvalue weighted by atomic mass is 15.3. The van der Waals surface area contributed by atoms with E-state index in [9.17, 15) is 0 Å². The van der Waals surface area contributed by atoms with Crippen molar-refractivity contribution in [2.45, 2.75) is 32.7 Å². The third-order valence-electron chi connectivity index (χ3n) is 3.53. The van der Waals surface area contributed by atoms with Crippen LogP contribution >= 0.6 is 0 Å². The molecule has 0 aromatic heterocycles. The summed E-state index contributed by atoms with van der Waals surface area (Å²) in [5, 5.41) is 3.22. The molecule has 1 rings (SSSR count). The first-order valence-corrected chi connectivity index (χ1v) is 6.39. The number of piperazine rings is 1. The van der Waals surface area contributed by atoms with Gasteiger partial charge in [0.05, 0.1) is 0 Å². The summed E-state index contributed by atoms with van der Waals surface area (Å²) >= 11 is 0. The SMILES string of the molecule is CCN1CCN(C(C)CCCNC)CC1. The van der Waals surface area contributed by atoms with Gasteiger partial charge in [-0.2, -0.15) is 0 Å². The van der Waals surface area contributed by atoms with Crippen LogP contribution < -0.4 is 5.32 Å². The lowest BCUT2D eigenvalue weighted by atomic mass is 10.1. The van der Waals surface area contributed by atoms with E-state index in [1.807, 2.05) is 7.05 Å². The van der Waals surface area contributed by atoms with Crippen LogP contribution in [0.5, 0.6) is 0 Å². The normalized spacial score (nSPS) is 21.8. The first-order valence-electron chi connectivity index (χ1n) is 6.39. The van der Waals surface area contributed by atoms with Gasteiger partial charge < -0.3 is 10.2 Å². The number of rotatable bonds is 6. The zero-order valence-electron chi connectivity index (χ0n) is 10.6. The molecule has 3 nitrogen and oxygen atoms in total. The fraction of sp³-hybridized carbons (Fsp3) is 1.00. The van der Waals surface area contributed by atoms with E-state index >= 15 is 0 Å². The van der Waals surface area contributed by atoms with Crippen molar-refractivity contribution < 1.29 is 0 Å². The topological polar surface area (TPSA) is 18.5 Å². The van der Waals surface area contributed by atoms with Crippen molar-refractivity contribution in [3.63, 3.8) is 0 Å². The van der Waals surface area contributed by atoms with Gasteiger partial charge in [-0.05, 0) is 39.9 Å². The average Bonchev–Trinajstić information content (AvgIpc) is 2.29. The highest BCUT2D eigenvalue weighted by molar-refractivity contribution is 4.75. The summed E-state index contributed by atoms with van der Waals surface area (Å²) < 4.78 is 0. The van der Waals surface area contributed by atoms with Gasteiger partial charge in [0.1, 0.15) is 0 Å². The maximum absolute atomic E-state index is 3.22. The molecule has 90 valence electrons. The van der Waals surface area contributed by atoms with Crippen LogP contribution in [0.4, 0.5) is 0 Å². The van der Waals surface area contributed by atoms with Crippen molar-refractivity contribution in [2.75, 3.05) is 46.3 Å². The molecule has 1 aliphatic heterocycles. The summed E-state index contributed by atoms with van der Waals surface area (Å²) in [6, 6.07) is 0.761. The van der Waals surface area contributed by atoms with E-state index < -0.39 is 0 Å². The minimum atomic E-state index is 0.761. The molecule has 0 aromatic rings. The van der Waals surface area contributed by atoms with E-state index in [0.717, 1.165) is 12.6 Å². The van der Waals surface area contributed by atoms with E-state index in [4.69, 9.17) is 0 Å². The molecular formula is C12H27N3. The third kappa shape index (κ3) is 4.49. The van der Waals surface area contributed by atoms with E-state index in [0.29, 0.717) is 0 Å². The number of likely N-dealkylation sites (N-methyl/N-ethyl adjacent to an activating group) is 1. The summed E-state index contributed by atoms with van der Waals surface area (Å²) in [6.45, 7) is 12.0. The number of nitrogens with one attached hydrogen (secondary N) is 1. The van der Waals surface area contributed by atoms with Crippen molar-refractivity contribution >= 4 is 0 Å². The van der Waals surface area contributed by atoms with Crippen LogP contribution in [0.3, 0.4) is 0 Å². The van der Waals surface area contributed by atoms with E-state index in [2.05, 4.69) is 29.0 Å². The molecule has 0 aliphatic carbocycles. The summed E-state index contributed by atoms with van der Waals surface area (Å²) in [5.41, 5.74) is 0. The van der Waals surface area contributed by atoms with Crippen molar-refractivity contribution in [3.8, 4) is 0 Å². The van der Waals surface area contributed by atoms with Gasteiger partial charge in [-0.25, -0.2) is 0 Å². The maximum Gasteiger partial charge on any atom is 0.0113 e. The standard InChI is InChI=1S/C12H27N3/c1-4-14-8-10-15(11-9-14)12(2)6-5-7-13-3/h12-13H,4-11H2,1-3H3. The molecule has 1 N–H and O–H groups in total. The lowest BCUT2D eigenvalue weighted by Crippen LogP contribution is -2.49. The van der Waals surface area contributed by atoms with Gasteiger partial charge >= 0.3 is 0 Å². The van der Waals surface area contributed by atoms with Crippen LogP contribution in [0.2, 0.25) is 0 Å². The molecule has 0 aromatic carbocycles. The van der Waals surface area contributed by atoms with Gasteiger partial charge in [0.25, 0.3) is 0 Å². The molecular weight excluding hydrogens is 186 g/mol. The molecule has 0 amide bonds. The molecule has 0 radical (unpaired) electrons. The molecule has 1 atom stereocenters. The van der Waals surface area contributed by atoms with Gasteiger partial charge in [-0.15, -0.1) is 0 Å². The van der Waals surface area contributed by atoms with Gasteiger partial charge in [-0.1, -0.05) is 6.92 Å². The lowest BCUT2D eigenvalue weighted by molar-refractivity contribution is 0.101. The van der Waals surface area contributed by atoms with Crippen LogP contribution in [-0.2, 0) is 0 Å². The van der Waals surface area contributed by atoms with E-state index in [1.165, 1.54) is 45.6 Å². The summed E-state index contributed by atoms with van der Waals surface area (Å²) in [7, 11) is 2.03. The Bertz CT molecular complexity index is 153. The summed E-state index contributed by atoms with van der Waals surface area (Å²) in [6.07, 6.45) is 2.62. The molecule has 1 saturated heterocycles. The van der Waals surface area contributed by atoms with Crippen molar-refractivity contribution in [1.82, 2.24) is 15.1 Å². The Morgan fingerprint density at radius 1 is 1.20 bits per heavy atom. The highest BCUT2D eigenvalue weighted by Gasteiger charge is 2.19. The van der Waals surface area contributed by atoms with Crippen LogP contribution in [-0.4, -0.2) is 62.2 Å². The minimum absolute atomic E-state index is 0.761. The predicted molar refractivity (Wildman–Crippen MR) is 66.3 cm³/mol. The van der Waals surface area contributed by atoms with E-state index in [1.54, 1.807) is 0 Å². The first-order chi connectivity index (χ1) is 7.27. The Kier molecular flexibility index (Phi) is 6.22. The fourth-order valence-corrected chi connectivity index (χ4v) is 2.28. The summed E-state index contributed by atoms with van der Waals surface area (Å²) in [4.78, 5) is 5.18. The smallest absolute Gasteiger partial charge is 0.0113 e. The molecule has 0 bridgehead atoms. The third-order valence-corrected chi connectivity index (χ3v) is 3.53. The first kappa shape index (κ1) is 12.9. The highest BCUT2D eigenvalue weighted by Crippen LogP contribution is 2.10. The molecule has 1 fully saturated rings. The van der Waals surface area contributed by atoms with Gasteiger partial charge in [0.2, 0.25) is 0 Å². The van der Waals surface area contributed by atoms with Crippen LogP contribution in [0, 0.1) is 0 Å². The van der Waals surface area contributed by atoms with Crippen molar-refractivity contribution in [3.05, 3.63) is 0 Å². The fourth-order valence-electron chi connectivity index (χ4n) is 2.28. The molecule has 1 unspecified atom stereocenters. The molecule has 3 heteroatoms. The Labute approximate surface area is 94.8 Å². The zero-order valence-corrected chi connectivity index (χ0v) is 10.6. The van der Waals surface area contributed by atoms with Gasteiger partial charge in [0, 0.05) is 32.2 Å². The largest absolute Gasteiger partial charge is 0.320 e. The quantitative estimate of drug-likeness (QED) is 0.664. The van der Waals surface area contributed by atoms with Crippen LogP contribution in [0.15, 0.2) is 0 Å². The Balaban J connectivity index is 2.15. The number of nitrogens with zero attached hydrogens (tertiary/aromatic N) is 2. The zero-order chi connectivity index (χ0) is 11.1. The summed E-state index contributed by atoms with van der Waals surface area (Å²) in [5.74, 6) is 0. The maximum atomic E-state index is 3.22. The Morgan fingerprint density at radius 3 is 2.40 bits per heavy atom. The second-order valence-electron chi connectivity index (χ2n) is 4.57. The Morgan fingerprint density at radius 2 is 1.87 bits per heavy atom. The Hall–Kier alpha value is -0.120. The van der Waals surface area contributed by atoms with E-state index in [-0.39, 0.29) is 0 Å². The average molecular weight is 213 g/mol. The molecule has 1 heterocycles. The van der Waals surface area contributed by atoms with Crippen molar-refractivity contribution in [2.24, 2.45) is 0 Å². The van der Waals surface area contributed by atoms with Gasteiger partial charge in [-0.3, -0.25) is 4.90 Å². The monoisotopic (exact) mass is 213 g/mol. The predicted octanol–water partition coefficient (Wildman–Crippen LogP) is 1.01. The second kappa shape index (κ2) is 7.20. The second-order valence-corrected chi connectivity index (χ2v) is 4.57. The molecule has 15 heavy (non-hydrogen) atoms. The number of hydrogen-bond acceptors (Lipinski definition) is 3. The van der Waals surface area contributed by atoms with Crippen molar-refractivity contribution in [1.29, 1.82) is 0 Å². The molecule has 0 saturated carbocycles. The molecule has 1 aliphatic rings. The lowest BCUT2D eigenvalue weighted by Gasteiger charge is -2.37. The number of hydrogen-bond donors (Lipinski definition) is 1. The van der Waals surface area contributed by atoms with Crippen LogP contribution in [0.1, 0.15) is 26.7 Å².